The van der Waals surface area contributed by atoms with Crippen molar-refractivity contribution >= 4 is 0 Å². The van der Waals surface area contributed by atoms with E-state index in [1.54, 1.807) is 0 Å². The molecule has 2 unspecified atom stereocenters. The first kappa shape index (κ1) is 15.6. The van der Waals surface area contributed by atoms with Crippen molar-refractivity contribution in [2.24, 2.45) is 5.92 Å². The summed E-state index contributed by atoms with van der Waals surface area (Å²) in [4.78, 5) is 5.09. The van der Waals surface area contributed by atoms with Crippen molar-refractivity contribution in [3.8, 4) is 0 Å². The minimum absolute atomic E-state index is 0.289. The zero-order valence-electron chi connectivity index (χ0n) is 13.9. The van der Waals surface area contributed by atoms with E-state index in [0.29, 0.717) is 0 Å². The van der Waals surface area contributed by atoms with Crippen molar-refractivity contribution in [1.29, 1.82) is 0 Å². The van der Waals surface area contributed by atoms with E-state index >= 15 is 0 Å². The third-order valence-corrected chi connectivity index (χ3v) is 5.91. The van der Waals surface area contributed by atoms with Crippen molar-refractivity contribution in [3.05, 3.63) is 35.4 Å². The van der Waals surface area contributed by atoms with E-state index in [-0.39, 0.29) is 12.1 Å². The Hall–Kier alpha value is -0.940. The Bertz CT molecular complexity index is 522. The number of morpholine rings is 1. The van der Waals surface area contributed by atoms with Crippen LogP contribution in [0.1, 0.15) is 30.1 Å². The van der Waals surface area contributed by atoms with E-state index in [1.807, 2.05) is 6.07 Å². The van der Waals surface area contributed by atoms with Gasteiger partial charge in [0.05, 0.1) is 19.3 Å². The summed E-state index contributed by atoms with van der Waals surface area (Å²) in [6.07, 6.45) is 3.22. The molecule has 2 atom stereocenters. The van der Waals surface area contributed by atoms with Crippen molar-refractivity contribution < 1.29 is 9.84 Å². The summed E-state index contributed by atoms with van der Waals surface area (Å²) in [5.74, 6) is 0.810. The van der Waals surface area contributed by atoms with Gasteiger partial charge in [0.15, 0.2) is 0 Å². The molecule has 1 aromatic carbocycles. The molecule has 1 aromatic rings. The van der Waals surface area contributed by atoms with Gasteiger partial charge in [-0.2, -0.15) is 0 Å². The van der Waals surface area contributed by atoms with E-state index in [1.165, 1.54) is 24.9 Å². The fraction of sp³-hybridized carbons (Fsp3) is 0.684. The van der Waals surface area contributed by atoms with Gasteiger partial charge < -0.3 is 9.84 Å². The van der Waals surface area contributed by atoms with Gasteiger partial charge in [0.25, 0.3) is 0 Å². The summed E-state index contributed by atoms with van der Waals surface area (Å²) in [7, 11) is 0. The summed E-state index contributed by atoms with van der Waals surface area (Å²) in [5, 5.41) is 10.7. The first-order chi connectivity index (χ1) is 11.3. The molecule has 0 spiro atoms. The second-order valence-electron chi connectivity index (χ2n) is 7.31. The van der Waals surface area contributed by atoms with E-state index in [0.717, 1.165) is 57.3 Å². The minimum Gasteiger partial charge on any atom is -0.387 e. The monoisotopic (exact) mass is 316 g/mol. The van der Waals surface area contributed by atoms with Crippen LogP contribution in [-0.4, -0.2) is 66.9 Å². The van der Waals surface area contributed by atoms with Gasteiger partial charge in [-0.1, -0.05) is 24.3 Å². The highest BCUT2D eigenvalue weighted by Gasteiger charge is 2.36. The van der Waals surface area contributed by atoms with Crippen molar-refractivity contribution in [3.63, 3.8) is 0 Å². The van der Waals surface area contributed by atoms with Gasteiger partial charge in [-0.25, -0.2) is 0 Å². The number of hydrogen-bond donors (Lipinski definition) is 1. The maximum absolute atomic E-state index is 10.7. The zero-order valence-corrected chi connectivity index (χ0v) is 13.9. The van der Waals surface area contributed by atoms with Gasteiger partial charge in [0.2, 0.25) is 0 Å². The lowest BCUT2D eigenvalue weighted by Gasteiger charge is -2.39. The van der Waals surface area contributed by atoms with Gasteiger partial charge in [-0.15, -0.1) is 0 Å². The number of aliphatic hydroxyl groups is 1. The second-order valence-corrected chi connectivity index (χ2v) is 7.31. The molecule has 23 heavy (non-hydrogen) atoms. The lowest BCUT2D eigenvalue weighted by Crippen LogP contribution is -2.46. The Kier molecular flexibility index (Phi) is 4.67. The summed E-state index contributed by atoms with van der Waals surface area (Å²) >= 11 is 0. The van der Waals surface area contributed by atoms with Gasteiger partial charge in [-0.3, -0.25) is 9.80 Å². The summed E-state index contributed by atoms with van der Waals surface area (Å²) in [6, 6.07) is 8.67. The fourth-order valence-corrected chi connectivity index (χ4v) is 4.50. The predicted molar refractivity (Wildman–Crippen MR) is 90.4 cm³/mol. The molecular formula is C19H28N2O2. The van der Waals surface area contributed by atoms with Gasteiger partial charge in [0, 0.05) is 25.7 Å². The Labute approximate surface area is 139 Å². The highest BCUT2D eigenvalue weighted by atomic mass is 16.5. The maximum atomic E-state index is 10.7. The van der Waals surface area contributed by atoms with Crippen LogP contribution in [0.15, 0.2) is 24.3 Å². The highest BCUT2D eigenvalue weighted by molar-refractivity contribution is 5.35. The topological polar surface area (TPSA) is 35.9 Å². The number of ether oxygens (including phenoxy) is 1. The number of hydrogen-bond acceptors (Lipinski definition) is 4. The van der Waals surface area contributed by atoms with Gasteiger partial charge >= 0.3 is 0 Å². The van der Waals surface area contributed by atoms with Gasteiger partial charge in [-0.05, 0) is 49.4 Å². The molecule has 0 saturated carbocycles. The van der Waals surface area contributed by atoms with Crippen molar-refractivity contribution in [1.82, 2.24) is 9.80 Å². The SMILES string of the molecule is OC1c2ccccc2CC1N1CCC(CN2CCOCC2)CC1. The number of rotatable bonds is 3. The third kappa shape index (κ3) is 3.31. The van der Waals surface area contributed by atoms with Crippen LogP contribution in [0.4, 0.5) is 0 Å². The molecule has 1 N–H and O–H groups in total. The van der Waals surface area contributed by atoms with E-state index in [2.05, 4.69) is 28.0 Å². The van der Waals surface area contributed by atoms with E-state index in [9.17, 15) is 5.11 Å². The van der Waals surface area contributed by atoms with E-state index < -0.39 is 0 Å². The smallest absolute Gasteiger partial charge is 0.0951 e. The van der Waals surface area contributed by atoms with Crippen LogP contribution in [0.5, 0.6) is 0 Å². The molecule has 0 aromatic heterocycles. The predicted octanol–water partition coefficient (Wildman–Crippen LogP) is 1.69. The number of likely N-dealkylation sites (tertiary alicyclic amines) is 1. The molecule has 4 nitrogen and oxygen atoms in total. The van der Waals surface area contributed by atoms with Crippen molar-refractivity contribution in [2.45, 2.75) is 31.4 Å². The number of piperidine rings is 1. The average Bonchev–Trinajstić information content (AvgIpc) is 2.94. The second kappa shape index (κ2) is 6.89. The lowest BCUT2D eigenvalue weighted by molar-refractivity contribution is 0.0116. The quantitative estimate of drug-likeness (QED) is 0.920. The van der Waals surface area contributed by atoms with Crippen LogP contribution in [0.3, 0.4) is 0 Å². The minimum atomic E-state index is -0.304. The summed E-state index contributed by atoms with van der Waals surface area (Å²) < 4.78 is 5.44. The number of benzene rings is 1. The van der Waals surface area contributed by atoms with Crippen LogP contribution in [0.2, 0.25) is 0 Å². The Morgan fingerprint density at radius 1 is 1.04 bits per heavy atom. The van der Waals surface area contributed by atoms with Crippen LogP contribution >= 0.6 is 0 Å². The molecule has 126 valence electrons. The standard InChI is InChI=1S/C19H28N2O2/c22-19-17-4-2-1-3-16(17)13-18(19)21-7-5-15(6-8-21)14-20-9-11-23-12-10-20/h1-4,15,18-19,22H,5-14H2. The number of fused-ring (bicyclic) bond motifs is 1. The molecular weight excluding hydrogens is 288 g/mol. The molecule has 2 aliphatic heterocycles. The Morgan fingerprint density at radius 3 is 2.52 bits per heavy atom. The van der Waals surface area contributed by atoms with Crippen LogP contribution in [0, 0.1) is 5.92 Å². The molecule has 3 aliphatic rings. The molecule has 2 saturated heterocycles. The fourth-order valence-electron chi connectivity index (χ4n) is 4.50. The number of nitrogens with zero attached hydrogens (tertiary/aromatic N) is 2. The molecule has 1 aliphatic carbocycles. The van der Waals surface area contributed by atoms with Gasteiger partial charge in [0.1, 0.15) is 0 Å². The summed E-state index contributed by atoms with van der Waals surface area (Å²) in [5.41, 5.74) is 2.48. The van der Waals surface area contributed by atoms with Crippen molar-refractivity contribution in [2.75, 3.05) is 45.9 Å². The first-order valence-corrected chi connectivity index (χ1v) is 9.11. The van der Waals surface area contributed by atoms with Crippen LogP contribution in [-0.2, 0) is 11.2 Å². The Balaban J connectivity index is 1.30. The summed E-state index contributed by atoms with van der Waals surface area (Å²) in [6.45, 7) is 7.46. The normalized spacial score (nSPS) is 30.5. The maximum Gasteiger partial charge on any atom is 0.0951 e. The molecule has 4 heteroatoms. The first-order valence-electron chi connectivity index (χ1n) is 9.11. The van der Waals surface area contributed by atoms with Crippen LogP contribution in [0.25, 0.3) is 0 Å². The molecule has 2 heterocycles. The van der Waals surface area contributed by atoms with Crippen LogP contribution < -0.4 is 0 Å². The average molecular weight is 316 g/mol. The molecule has 0 amide bonds. The number of aliphatic hydroxyl groups excluding tert-OH is 1. The molecule has 2 fully saturated rings. The molecule has 4 rings (SSSR count). The Morgan fingerprint density at radius 2 is 1.78 bits per heavy atom. The highest BCUT2D eigenvalue weighted by Crippen LogP contribution is 2.36. The third-order valence-electron chi connectivity index (χ3n) is 5.91. The van der Waals surface area contributed by atoms with E-state index in [4.69, 9.17) is 4.74 Å². The lowest BCUT2D eigenvalue weighted by atomic mass is 9.94. The molecule has 0 radical (unpaired) electrons. The largest absolute Gasteiger partial charge is 0.387 e. The zero-order chi connectivity index (χ0) is 15.6. The molecule has 0 bridgehead atoms.